The van der Waals surface area contributed by atoms with Crippen LogP contribution in [0.1, 0.15) is 11.4 Å². The van der Waals surface area contributed by atoms with Crippen LogP contribution in [0.5, 0.6) is 5.75 Å². The lowest BCUT2D eigenvalue weighted by Gasteiger charge is -2.15. The van der Waals surface area contributed by atoms with Gasteiger partial charge in [-0.05, 0) is 38.7 Å². The molecular weight excluding hydrogens is 442 g/mol. The molecule has 1 aromatic carbocycles. The Morgan fingerprint density at radius 1 is 1.06 bits per heavy atom. The molecule has 6 nitrogen and oxygen atoms in total. The molecule has 2 heterocycles. The highest BCUT2D eigenvalue weighted by Crippen LogP contribution is 2.35. The van der Waals surface area contributed by atoms with Crippen LogP contribution in [0.15, 0.2) is 35.3 Å². The summed E-state index contributed by atoms with van der Waals surface area (Å²) in [6.45, 7) is 0.951. The van der Waals surface area contributed by atoms with Crippen molar-refractivity contribution < 1.29 is 31.1 Å². The number of aromatic nitrogens is 3. The van der Waals surface area contributed by atoms with E-state index in [1.807, 2.05) is 19.0 Å². The molecule has 2 aromatic heterocycles. The van der Waals surface area contributed by atoms with Gasteiger partial charge in [0.1, 0.15) is 5.75 Å². The number of aryl methyl sites for hydroxylation is 1. The second kappa shape index (κ2) is 8.49. The average molecular weight is 462 g/mol. The van der Waals surface area contributed by atoms with E-state index in [2.05, 4.69) is 9.72 Å². The van der Waals surface area contributed by atoms with Crippen LogP contribution < -0.4 is 10.3 Å². The van der Waals surface area contributed by atoms with Crippen molar-refractivity contribution in [3.63, 3.8) is 0 Å². The van der Waals surface area contributed by atoms with Crippen molar-refractivity contribution in [2.24, 2.45) is 0 Å². The Morgan fingerprint density at radius 3 is 2.22 bits per heavy atom. The van der Waals surface area contributed by atoms with Gasteiger partial charge in [-0.3, -0.25) is 9.20 Å². The molecule has 0 saturated carbocycles. The summed E-state index contributed by atoms with van der Waals surface area (Å²) in [5, 5.41) is 0. The first-order chi connectivity index (χ1) is 14.8. The standard InChI is InChI=1S/C20H20F6N4O2/c1-12-10-30-17(31)15(13-4-6-14(7-5-13)32-11-19(21,22)23)16(20(24,25)26)27-18(30)29(12)9-8-28(2)3/h4-7,10H,8-9,11H2,1-3H3. The van der Waals surface area contributed by atoms with Gasteiger partial charge in [0.25, 0.3) is 5.56 Å². The molecule has 174 valence electrons. The lowest BCUT2D eigenvalue weighted by atomic mass is 10.0. The lowest BCUT2D eigenvalue weighted by molar-refractivity contribution is -0.153. The topological polar surface area (TPSA) is 51.8 Å². The van der Waals surface area contributed by atoms with Crippen LogP contribution in [0.3, 0.4) is 0 Å². The maximum atomic E-state index is 13.8. The predicted molar refractivity (Wildman–Crippen MR) is 105 cm³/mol. The minimum Gasteiger partial charge on any atom is -0.484 e. The van der Waals surface area contributed by atoms with E-state index in [-0.39, 0.29) is 17.1 Å². The second-order valence-electron chi connectivity index (χ2n) is 7.46. The van der Waals surface area contributed by atoms with Crippen LogP contribution >= 0.6 is 0 Å². The lowest BCUT2D eigenvalue weighted by Crippen LogP contribution is -2.25. The molecule has 12 heteroatoms. The van der Waals surface area contributed by atoms with E-state index in [0.717, 1.165) is 28.7 Å². The zero-order chi connectivity index (χ0) is 23.8. The number of benzene rings is 1. The molecule has 32 heavy (non-hydrogen) atoms. The number of alkyl halides is 6. The molecule has 0 atom stereocenters. The van der Waals surface area contributed by atoms with Gasteiger partial charge in [-0.1, -0.05) is 12.1 Å². The minimum atomic E-state index is -4.93. The van der Waals surface area contributed by atoms with Gasteiger partial charge >= 0.3 is 12.4 Å². The fraction of sp³-hybridized carbons (Fsp3) is 0.400. The van der Waals surface area contributed by atoms with E-state index in [1.54, 1.807) is 6.92 Å². The first kappa shape index (κ1) is 23.6. The van der Waals surface area contributed by atoms with E-state index in [1.165, 1.54) is 10.8 Å². The van der Waals surface area contributed by atoms with Crippen LogP contribution in [0.2, 0.25) is 0 Å². The normalized spacial score (nSPS) is 12.7. The highest BCUT2D eigenvalue weighted by atomic mass is 19.4. The largest absolute Gasteiger partial charge is 0.484 e. The maximum absolute atomic E-state index is 13.8. The summed E-state index contributed by atoms with van der Waals surface area (Å²) in [6, 6.07) is 4.34. The second-order valence-corrected chi connectivity index (χ2v) is 7.46. The van der Waals surface area contributed by atoms with Gasteiger partial charge in [0, 0.05) is 25.0 Å². The molecule has 3 rings (SSSR count). The van der Waals surface area contributed by atoms with Gasteiger partial charge in [0.15, 0.2) is 12.3 Å². The van der Waals surface area contributed by atoms with Gasteiger partial charge in [0.05, 0.1) is 5.56 Å². The molecule has 0 saturated heterocycles. The van der Waals surface area contributed by atoms with Gasteiger partial charge in [-0.15, -0.1) is 0 Å². The van der Waals surface area contributed by atoms with Crippen LogP contribution in [0.4, 0.5) is 26.3 Å². The SMILES string of the molecule is Cc1cn2c(=O)c(-c3ccc(OCC(F)(F)F)cc3)c(C(F)(F)F)nc2n1CCN(C)C. The summed E-state index contributed by atoms with van der Waals surface area (Å²) in [5.74, 6) is -0.338. The number of hydrogen-bond acceptors (Lipinski definition) is 4. The summed E-state index contributed by atoms with van der Waals surface area (Å²) >= 11 is 0. The van der Waals surface area contributed by atoms with Gasteiger partial charge in [-0.2, -0.15) is 26.3 Å². The zero-order valence-electron chi connectivity index (χ0n) is 17.4. The fourth-order valence-electron chi connectivity index (χ4n) is 3.17. The van der Waals surface area contributed by atoms with Gasteiger partial charge in [0.2, 0.25) is 5.78 Å². The average Bonchev–Trinajstić information content (AvgIpc) is 2.99. The van der Waals surface area contributed by atoms with Gasteiger partial charge < -0.3 is 14.2 Å². The van der Waals surface area contributed by atoms with Crippen LogP contribution in [0, 0.1) is 6.92 Å². The molecule has 0 amide bonds. The Labute approximate surface area is 178 Å². The monoisotopic (exact) mass is 462 g/mol. The van der Waals surface area contributed by atoms with Crippen molar-refractivity contribution >= 4 is 5.78 Å². The zero-order valence-corrected chi connectivity index (χ0v) is 17.4. The Bertz CT molecular complexity index is 1160. The Hall–Kier alpha value is -3.02. The third-order valence-electron chi connectivity index (χ3n) is 4.66. The third-order valence-corrected chi connectivity index (χ3v) is 4.66. The smallest absolute Gasteiger partial charge is 0.434 e. The minimum absolute atomic E-state index is 0.137. The summed E-state index contributed by atoms with van der Waals surface area (Å²) in [7, 11) is 3.61. The van der Waals surface area contributed by atoms with Crippen molar-refractivity contribution in [1.29, 1.82) is 0 Å². The van der Waals surface area contributed by atoms with Crippen LogP contribution in [0.25, 0.3) is 16.9 Å². The summed E-state index contributed by atoms with van der Waals surface area (Å²) < 4.78 is 85.6. The Balaban J connectivity index is 2.12. The first-order valence-electron chi connectivity index (χ1n) is 9.42. The van der Waals surface area contributed by atoms with Crippen molar-refractivity contribution in [3.05, 3.63) is 52.2 Å². The highest BCUT2D eigenvalue weighted by Gasteiger charge is 2.38. The highest BCUT2D eigenvalue weighted by molar-refractivity contribution is 5.67. The number of ether oxygens (including phenoxy) is 1. The molecule has 0 fully saturated rings. The van der Waals surface area contributed by atoms with Crippen molar-refractivity contribution in [3.8, 4) is 16.9 Å². The maximum Gasteiger partial charge on any atom is 0.434 e. The predicted octanol–water partition coefficient (Wildman–Crippen LogP) is 3.99. The molecule has 0 N–H and O–H groups in total. The molecule has 0 spiro atoms. The Morgan fingerprint density at radius 2 is 1.69 bits per heavy atom. The molecule has 0 aliphatic carbocycles. The molecule has 0 unspecified atom stereocenters. The third kappa shape index (κ3) is 5.06. The summed E-state index contributed by atoms with van der Waals surface area (Å²) in [5.41, 5.74) is -2.57. The quantitative estimate of drug-likeness (QED) is 0.520. The van der Waals surface area contributed by atoms with Gasteiger partial charge in [-0.25, -0.2) is 4.98 Å². The van der Waals surface area contributed by atoms with Crippen molar-refractivity contribution in [1.82, 2.24) is 18.9 Å². The molecule has 0 aliphatic heterocycles. The fourth-order valence-corrected chi connectivity index (χ4v) is 3.17. The number of halogens is 6. The summed E-state index contributed by atoms with van der Waals surface area (Å²) in [6.07, 6.45) is -8.09. The number of hydrogen-bond donors (Lipinski definition) is 0. The number of nitrogens with zero attached hydrogens (tertiary/aromatic N) is 4. The number of imidazole rings is 1. The molecule has 0 radical (unpaired) electrons. The van der Waals surface area contributed by atoms with E-state index in [0.29, 0.717) is 18.8 Å². The van der Waals surface area contributed by atoms with E-state index in [4.69, 9.17) is 0 Å². The number of rotatable bonds is 6. The number of fused-ring (bicyclic) bond motifs is 1. The number of likely N-dealkylation sites (N-methyl/N-ethyl adjacent to an activating group) is 1. The summed E-state index contributed by atoms with van der Waals surface area (Å²) in [4.78, 5) is 18.7. The van der Waals surface area contributed by atoms with Crippen LogP contribution in [-0.2, 0) is 12.7 Å². The molecule has 0 bridgehead atoms. The van der Waals surface area contributed by atoms with E-state index < -0.39 is 35.8 Å². The molecular formula is C20H20F6N4O2. The van der Waals surface area contributed by atoms with Crippen molar-refractivity contribution in [2.45, 2.75) is 25.8 Å². The van der Waals surface area contributed by atoms with E-state index in [9.17, 15) is 31.1 Å². The molecule has 0 aliphatic rings. The first-order valence-corrected chi connectivity index (χ1v) is 9.42. The van der Waals surface area contributed by atoms with Crippen LogP contribution in [-0.4, -0.2) is 52.3 Å². The Kier molecular flexibility index (Phi) is 6.27. The molecule has 3 aromatic rings. The van der Waals surface area contributed by atoms with E-state index >= 15 is 0 Å². The van der Waals surface area contributed by atoms with Crippen molar-refractivity contribution in [2.75, 3.05) is 27.2 Å².